The lowest BCUT2D eigenvalue weighted by molar-refractivity contribution is 0.671. The first kappa shape index (κ1) is 29.4. The Morgan fingerprint density at radius 3 is 2.12 bits per heavy atom. The van der Waals surface area contributed by atoms with Gasteiger partial charge in [-0.15, -0.1) is 0 Å². The summed E-state index contributed by atoms with van der Waals surface area (Å²) in [5.74, 6) is 0.444. The molecule has 50 heavy (non-hydrogen) atoms. The highest BCUT2D eigenvalue weighted by atomic mass is 16.3. The summed E-state index contributed by atoms with van der Waals surface area (Å²) in [5.41, 5.74) is 16.5. The maximum absolute atomic E-state index is 6.63. The number of amidine groups is 1. The van der Waals surface area contributed by atoms with E-state index in [1.54, 1.807) is 0 Å². The Bertz CT molecular complexity index is 2710. The largest absolute Gasteiger partial charge is 0.454 e. The van der Waals surface area contributed by atoms with Crippen LogP contribution >= 0.6 is 0 Å². The number of aliphatic imine (C=N–C) groups is 2. The van der Waals surface area contributed by atoms with E-state index in [4.69, 9.17) is 20.1 Å². The van der Waals surface area contributed by atoms with Crippen molar-refractivity contribution in [1.29, 1.82) is 0 Å². The van der Waals surface area contributed by atoms with Gasteiger partial charge in [0, 0.05) is 39.0 Å². The average molecular weight is 645 g/mol. The van der Waals surface area contributed by atoms with Gasteiger partial charge in [-0.3, -0.25) is 4.99 Å². The first-order valence-corrected chi connectivity index (χ1v) is 16.7. The predicted molar refractivity (Wildman–Crippen MR) is 207 cm³/mol. The summed E-state index contributed by atoms with van der Waals surface area (Å²) in [7, 11) is 0. The highest BCUT2D eigenvalue weighted by Gasteiger charge is 2.20. The second-order valence-corrected chi connectivity index (χ2v) is 12.4. The monoisotopic (exact) mass is 644 g/mol. The molecule has 0 amide bonds. The topological polar surface area (TPSA) is 68.8 Å². The van der Waals surface area contributed by atoms with Gasteiger partial charge in [0.1, 0.15) is 11.4 Å². The number of para-hydroxylation sites is 1. The van der Waals surface area contributed by atoms with Crippen LogP contribution in [0.2, 0.25) is 0 Å². The molecule has 0 aliphatic heterocycles. The van der Waals surface area contributed by atoms with Gasteiger partial charge in [0.2, 0.25) is 0 Å². The number of furan rings is 1. The Balaban J connectivity index is 1.22. The molecule has 0 saturated carbocycles. The van der Waals surface area contributed by atoms with Crippen LogP contribution in [0.1, 0.15) is 22.9 Å². The molecule has 1 atom stereocenters. The van der Waals surface area contributed by atoms with Crippen LogP contribution in [0.3, 0.4) is 0 Å². The standard InChI is InChI=1S/C45H32N4O/c46-44(32-16-6-2-7-17-32)48-45(33-18-8-3-9-19-33)47-29-30-13-12-20-35(27-30)49-40-28-34(31-14-4-1-5-15-31)23-24-36(40)38-25-26-39-37-21-10-11-22-41(37)50-43(39)42(38)49/h1-29,45H,(H2,46,48). The van der Waals surface area contributed by atoms with E-state index in [2.05, 4.69) is 95.6 Å². The van der Waals surface area contributed by atoms with Crippen LogP contribution in [0, 0.1) is 0 Å². The van der Waals surface area contributed by atoms with Crippen LogP contribution < -0.4 is 5.73 Å². The molecule has 7 aromatic carbocycles. The van der Waals surface area contributed by atoms with Crippen LogP contribution in [0.5, 0.6) is 0 Å². The Morgan fingerprint density at radius 2 is 1.30 bits per heavy atom. The summed E-state index contributed by atoms with van der Waals surface area (Å²) < 4.78 is 8.96. The molecule has 0 bridgehead atoms. The molecule has 2 aromatic heterocycles. The fourth-order valence-corrected chi connectivity index (χ4v) is 6.89. The molecule has 0 radical (unpaired) electrons. The lowest BCUT2D eigenvalue weighted by atomic mass is 10.0. The number of aromatic nitrogens is 1. The summed E-state index contributed by atoms with van der Waals surface area (Å²) in [6.45, 7) is 0. The SMILES string of the molecule is NC(=NC(N=Cc1cccc(-n2c3cc(-c4ccccc4)ccc3c3ccc4c5ccccc5oc4c32)c1)c1ccccc1)c1ccccc1. The maximum Gasteiger partial charge on any atom is 0.167 e. The Labute approximate surface area is 289 Å². The molecule has 0 saturated heterocycles. The average Bonchev–Trinajstić information content (AvgIpc) is 3.73. The molecule has 9 aromatic rings. The first-order valence-electron chi connectivity index (χ1n) is 16.7. The van der Waals surface area contributed by atoms with E-state index in [1.165, 1.54) is 5.56 Å². The Kier molecular flexibility index (Phi) is 7.29. The molecule has 0 aliphatic carbocycles. The molecule has 5 nitrogen and oxygen atoms in total. The van der Waals surface area contributed by atoms with E-state index in [0.717, 1.165) is 71.7 Å². The summed E-state index contributed by atoms with van der Waals surface area (Å²) >= 11 is 0. The van der Waals surface area contributed by atoms with E-state index < -0.39 is 6.17 Å². The zero-order valence-corrected chi connectivity index (χ0v) is 27.1. The highest BCUT2D eigenvalue weighted by Crippen LogP contribution is 2.41. The molecule has 0 fully saturated rings. The second-order valence-electron chi connectivity index (χ2n) is 12.4. The zero-order chi connectivity index (χ0) is 33.4. The van der Waals surface area contributed by atoms with Gasteiger partial charge >= 0.3 is 0 Å². The van der Waals surface area contributed by atoms with Crippen LogP contribution in [-0.2, 0) is 0 Å². The Hall–Kier alpha value is -6.72. The van der Waals surface area contributed by atoms with Gasteiger partial charge in [-0.25, -0.2) is 4.99 Å². The minimum absolute atomic E-state index is 0.444. The van der Waals surface area contributed by atoms with E-state index in [-0.39, 0.29) is 0 Å². The van der Waals surface area contributed by atoms with Gasteiger partial charge in [-0.2, -0.15) is 0 Å². The smallest absolute Gasteiger partial charge is 0.167 e. The number of nitrogens with zero attached hydrogens (tertiary/aromatic N) is 3. The molecule has 0 spiro atoms. The van der Waals surface area contributed by atoms with E-state index in [0.29, 0.717) is 5.84 Å². The van der Waals surface area contributed by atoms with Gasteiger partial charge in [0.15, 0.2) is 11.7 Å². The number of fused-ring (bicyclic) bond motifs is 7. The minimum atomic E-state index is -0.503. The third-order valence-corrected chi connectivity index (χ3v) is 9.30. The van der Waals surface area contributed by atoms with Gasteiger partial charge in [0.25, 0.3) is 0 Å². The van der Waals surface area contributed by atoms with Crippen LogP contribution in [-0.4, -0.2) is 16.6 Å². The van der Waals surface area contributed by atoms with E-state index in [1.807, 2.05) is 85.1 Å². The fourth-order valence-electron chi connectivity index (χ4n) is 6.89. The lowest BCUT2D eigenvalue weighted by Crippen LogP contribution is -2.14. The summed E-state index contributed by atoms with van der Waals surface area (Å²) in [4.78, 5) is 9.85. The Morgan fingerprint density at radius 1 is 0.600 bits per heavy atom. The van der Waals surface area contributed by atoms with Crippen molar-refractivity contribution in [3.05, 3.63) is 187 Å². The van der Waals surface area contributed by atoms with E-state index in [9.17, 15) is 0 Å². The quantitative estimate of drug-likeness (QED) is 0.139. The van der Waals surface area contributed by atoms with Crippen molar-refractivity contribution in [3.63, 3.8) is 0 Å². The van der Waals surface area contributed by atoms with Crippen LogP contribution in [0.25, 0.3) is 60.6 Å². The molecule has 238 valence electrons. The van der Waals surface area contributed by atoms with Gasteiger partial charge in [-0.1, -0.05) is 140 Å². The zero-order valence-electron chi connectivity index (χ0n) is 27.1. The van der Waals surface area contributed by atoms with Crippen molar-refractivity contribution < 1.29 is 4.42 Å². The number of hydrogen-bond donors (Lipinski definition) is 1. The molecule has 1 unspecified atom stereocenters. The summed E-state index contributed by atoms with van der Waals surface area (Å²) in [6.07, 6.45) is 1.39. The fraction of sp³-hybridized carbons (Fsp3) is 0.0222. The number of benzene rings is 7. The van der Waals surface area contributed by atoms with Crippen molar-refractivity contribution in [3.8, 4) is 16.8 Å². The summed E-state index contributed by atoms with van der Waals surface area (Å²) in [5, 5.41) is 4.50. The van der Waals surface area contributed by atoms with Crippen LogP contribution in [0.4, 0.5) is 0 Å². The molecule has 2 N–H and O–H groups in total. The third-order valence-electron chi connectivity index (χ3n) is 9.30. The van der Waals surface area contributed by atoms with E-state index >= 15 is 0 Å². The van der Waals surface area contributed by atoms with Crippen molar-refractivity contribution in [2.24, 2.45) is 15.7 Å². The molecular formula is C45H32N4O. The molecule has 2 heterocycles. The number of rotatable bonds is 7. The molecule has 0 aliphatic rings. The second kappa shape index (κ2) is 12.4. The van der Waals surface area contributed by atoms with Crippen molar-refractivity contribution in [2.75, 3.05) is 0 Å². The maximum atomic E-state index is 6.63. The van der Waals surface area contributed by atoms with Crippen molar-refractivity contribution in [1.82, 2.24) is 4.57 Å². The lowest BCUT2D eigenvalue weighted by Gasteiger charge is -2.12. The minimum Gasteiger partial charge on any atom is -0.454 e. The highest BCUT2D eigenvalue weighted by molar-refractivity contribution is 6.21. The predicted octanol–water partition coefficient (Wildman–Crippen LogP) is 10.9. The van der Waals surface area contributed by atoms with Crippen molar-refractivity contribution >= 4 is 55.8 Å². The number of hydrogen-bond acceptors (Lipinski definition) is 3. The normalized spacial score (nSPS) is 12.8. The van der Waals surface area contributed by atoms with Crippen LogP contribution in [0.15, 0.2) is 184 Å². The van der Waals surface area contributed by atoms with Gasteiger partial charge in [-0.05, 0) is 52.6 Å². The van der Waals surface area contributed by atoms with Gasteiger partial charge < -0.3 is 14.7 Å². The van der Waals surface area contributed by atoms with Gasteiger partial charge in [0.05, 0.1) is 11.0 Å². The van der Waals surface area contributed by atoms with Crippen molar-refractivity contribution in [2.45, 2.75) is 6.17 Å². The summed E-state index contributed by atoms with van der Waals surface area (Å²) in [6, 6.07) is 58.2. The first-order chi connectivity index (χ1) is 24.7. The molecule has 5 heteroatoms. The molecular weight excluding hydrogens is 613 g/mol. The third kappa shape index (κ3) is 5.22. The number of nitrogens with two attached hydrogens (primary N) is 1. The molecule has 9 rings (SSSR count).